The number of hydrogen-bond donors (Lipinski definition) is 2. The molecule has 6 nitrogen and oxygen atoms in total. The van der Waals surface area contributed by atoms with Crippen LogP contribution in [0, 0.1) is 0 Å². The summed E-state index contributed by atoms with van der Waals surface area (Å²) >= 11 is 0. The normalized spacial score (nSPS) is 17.5. The Morgan fingerprint density at radius 3 is 2.62 bits per heavy atom. The number of nitrogens with zero attached hydrogens (tertiary/aromatic N) is 3. The molecule has 0 aliphatic carbocycles. The Morgan fingerprint density at radius 2 is 2.10 bits per heavy atom. The van der Waals surface area contributed by atoms with E-state index in [1.165, 1.54) is 0 Å². The minimum atomic E-state index is -0.509. The van der Waals surface area contributed by atoms with Crippen molar-refractivity contribution in [3.63, 3.8) is 0 Å². The molecule has 1 aromatic heterocycles. The van der Waals surface area contributed by atoms with Crippen molar-refractivity contribution in [3.05, 3.63) is 12.3 Å². The summed E-state index contributed by atoms with van der Waals surface area (Å²) in [6.07, 6.45) is 3.86. The number of nitrogens with one attached hydrogen (secondary N) is 1. The molecule has 1 aromatic rings. The summed E-state index contributed by atoms with van der Waals surface area (Å²) < 4.78 is 1.92. The topological polar surface area (TPSA) is 76.2 Å². The number of halogens is 2. The second-order valence-electron chi connectivity index (χ2n) is 5.10. The lowest BCUT2D eigenvalue weighted by atomic mass is 10.1. The van der Waals surface area contributed by atoms with Crippen molar-refractivity contribution in [2.45, 2.75) is 38.8 Å². The monoisotopic (exact) mass is 337 g/mol. The van der Waals surface area contributed by atoms with Crippen molar-refractivity contribution in [1.82, 2.24) is 14.7 Å². The van der Waals surface area contributed by atoms with Crippen molar-refractivity contribution < 1.29 is 4.79 Å². The van der Waals surface area contributed by atoms with Crippen LogP contribution in [0.3, 0.4) is 0 Å². The zero-order valence-corrected chi connectivity index (χ0v) is 14.1. The van der Waals surface area contributed by atoms with Crippen LogP contribution < -0.4 is 11.1 Å². The number of nitrogens with two attached hydrogens (primary N) is 1. The van der Waals surface area contributed by atoms with Crippen LogP contribution in [0.5, 0.6) is 0 Å². The van der Waals surface area contributed by atoms with Gasteiger partial charge in [-0.25, -0.2) is 4.68 Å². The van der Waals surface area contributed by atoms with E-state index in [0.29, 0.717) is 6.04 Å². The van der Waals surface area contributed by atoms with Gasteiger partial charge in [0, 0.05) is 19.2 Å². The highest BCUT2D eigenvalue weighted by molar-refractivity contribution is 5.93. The van der Waals surface area contributed by atoms with E-state index in [2.05, 4.69) is 22.2 Å². The summed E-state index contributed by atoms with van der Waals surface area (Å²) in [4.78, 5) is 14.1. The number of aromatic nitrogens is 2. The van der Waals surface area contributed by atoms with Gasteiger partial charge in [0.05, 0.1) is 18.3 Å². The van der Waals surface area contributed by atoms with Crippen LogP contribution in [-0.4, -0.2) is 46.3 Å². The number of likely N-dealkylation sites (tertiary alicyclic amines) is 1. The first-order valence-electron chi connectivity index (χ1n) is 6.94. The fourth-order valence-corrected chi connectivity index (χ4v) is 2.42. The largest absolute Gasteiger partial charge is 0.320 e. The zero-order chi connectivity index (χ0) is 13.8. The first kappa shape index (κ1) is 20.2. The molecule has 0 saturated carbocycles. The van der Waals surface area contributed by atoms with Gasteiger partial charge in [0.15, 0.2) is 0 Å². The predicted octanol–water partition coefficient (Wildman–Crippen LogP) is 1.67. The van der Waals surface area contributed by atoms with Crippen molar-refractivity contribution >= 4 is 36.5 Å². The number of carbonyl (C=O) groups excluding carboxylic acids is 1. The number of amides is 1. The van der Waals surface area contributed by atoms with Crippen LogP contribution in [0.25, 0.3) is 0 Å². The highest BCUT2D eigenvalue weighted by Crippen LogP contribution is 2.25. The first-order chi connectivity index (χ1) is 9.11. The van der Waals surface area contributed by atoms with Crippen LogP contribution in [-0.2, 0) is 4.79 Å². The summed E-state index contributed by atoms with van der Waals surface area (Å²) in [6, 6.07) is 1.68. The Hall–Kier alpha value is -0.820. The molecule has 8 heteroatoms. The van der Waals surface area contributed by atoms with Gasteiger partial charge in [-0.1, -0.05) is 6.92 Å². The molecule has 1 aliphatic heterocycles. The maximum Gasteiger partial charge on any atom is 0.242 e. The molecule has 2 rings (SSSR count). The van der Waals surface area contributed by atoms with E-state index in [1.807, 2.05) is 10.7 Å². The molecular formula is C13H25Cl2N5O. The molecule has 1 unspecified atom stereocenters. The van der Waals surface area contributed by atoms with Gasteiger partial charge in [-0.3, -0.25) is 4.79 Å². The molecule has 1 amide bonds. The zero-order valence-electron chi connectivity index (χ0n) is 12.5. The summed E-state index contributed by atoms with van der Waals surface area (Å²) in [5.41, 5.74) is 5.57. The van der Waals surface area contributed by atoms with Gasteiger partial charge >= 0.3 is 0 Å². The van der Waals surface area contributed by atoms with E-state index in [4.69, 9.17) is 5.73 Å². The lowest BCUT2D eigenvalue weighted by molar-refractivity contribution is -0.117. The second kappa shape index (κ2) is 9.25. The Morgan fingerprint density at radius 1 is 1.48 bits per heavy atom. The van der Waals surface area contributed by atoms with Crippen molar-refractivity contribution in [2.75, 3.05) is 25.0 Å². The van der Waals surface area contributed by atoms with Gasteiger partial charge in [0.25, 0.3) is 0 Å². The predicted molar refractivity (Wildman–Crippen MR) is 89.4 cm³/mol. The summed E-state index contributed by atoms with van der Waals surface area (Å²) in [5, 5.41) is 7.18. The van der Waals surface area contributed by atoms with Crippen molar-refractivity contribution in [3.8, 4) is 0 Å². The van der Waals surface area contributed by atoms with Gasteiger partial charge in [-0.15, -0.1) is 24.8 Å². The van der Waals surface area contributed by atoms with Gasteiger partial charge in [0.1, 0.15) is 5.82 Å². The molecule has 1 saturated heterocycles. The standard InChI is InChI=1S/C13H23N5O.2ClH/c1-3-17-8-5-11(6-9-17)18-12(4-7-15-18)16-13(19)10(2)14;;/h4,7,10-11H,3,5-6,8-9,14H2,1-2H3,(H,16,19);2*1H. The summed E-state index contributed by atoms with van der Waals surface area (Å²) in [6.45, 7) is 7.13. The minimum absolute atomic E-state index is 0. The quantitative estimate of drug-likeness (QED) is 0.876. The average molecular weight is 338 g/mol. The number of piperidine rings is 1. The maximum absolute atomic E-state index is 11.7. The molecular weight excluding hydrogens is 313 g/mol. The van der Waals surface area contributed by atoms with Crippen LogP contribution in [0.1, 0.15) is 32.7 Å². The Bertz CT molecular complexity index is 430. The fraction of sp³-hybridized carbons (Fsp3) is 0.692. The van der Waals surface area contributed by atoms with Crippen LogP contribution in [0.4, 0.5) is 5.82 Å². The Kier molecular flexibility index (Phi) is 8.89. The summed E-state index contributed by atoms with van der Waals surface area (Å²) in [5.74, 6) is 0.574. The number of rotatable bonds is 4. The van der Waals surface area contributed by atoms with Crippen LogP contribution >= 0.6 is 24.8 Å². The molecule has 21 heavy (non-hydrogen) atoms. The maximum atomic E-state index is 11.7. The van der Waals surface area contributed by atoms with E-state index in [-0.39, 0.29) is 30.7 Å². The second-order valence-corrected chi connectivity index (χ2v) is 5.10. The van der Waals surface area contributed by atoms with Crippen molar-refractivity contribution in [2.24, 2.45) is 5.73 Å². The van der Waals surface area contributed by atoms with E-state index in [1.54, 1.807) is 13.1 Å². The van der Waals surface area contributed by atoms with E-state index >= 15 is 0 Å². The lowest BCUT2D eigenvalue weighted by Crippen LogP contribution is -2.36. The third-order valence-corrected chi connectivity index (χ3v) is 3.69. The van der Waals surface area contributed by atoms with Gasteiger partial charge in [0.2, 0.25) is 5.91 Å². The molecule has 2 heterocycles. The molecule has 0 aromatic carbocycles. The molecule has 0 radical (unpaired) electrons. The Labute approximate surface area is 138 Å². The number of hydrogen-bond acceptors (Lipinski definition) is 4. The van der Waals surface area contributed by atoms with E-state index in [0.717, 1.165) is 38.3 Å². The van der Waals surface area contributed by atoms with E-state index < -0.39 is 6.04 Å². The average Bonchev–Trinajstić information content (AvgIpc) is 2.87. The molecule has 1 fully saturated rings. The van der Waals surface area contributed by atoms with Gasteiger partial charge < -0.3 is 16.0 Å². The minimum Gasteiger partial charge on any atom is -0.320 e. The third kappa shape index (κ3) is 5.14. The molecule has 0 spiro atoms. The Balaban J connectivity index is 0.00000200. The summed E-state index contributed by atoms with van der Waals surface area (Å²) in [7, 11) is 0. The molecule has 3 N–H and O–H groups in total. The molecule has 1 atom stereocenters. The third-order valence-electron chi connectivity index (χ3n) is 3.69. The van der Waals surface area contributed by atoms with Crippen molar-refractivity contribution in [1.29, 1.82) is 0 Å². The highest BCUT2D eigenvalue weighted by atomic mass is 35.5. The van der Waals surface area contributed by atoms with Gasteiger partial charge in [-0.2, -0.15) is 5.10 Å². The SMILES string of the molecule is CCN1CCC(n2nccc2NC(=O)C(C)N)CC1.Cl.Cl. The van der Waals surface area contributed by atoms with E-state index in [9.17, 15) is 4.79 Å². The van der Waals surface area contributed by atoms with Gasteiger partial charge in [-0.05, 0) is 26.3 Å². The smallest absolute Gasteiger partial charge is 0.242 e. The van der Waals surface area contributed by atoms with Crippen LogP contribution in [0.15, 0.2) is 12.3 Å². The van der Waals surface area contributed by atoms with Crippen LogP contribution in [0.2, 0.25) is 0 Å². The highest BCUT2D eigenvalue weighted by Gasteiger charge is 2.22. The first-order valence-corrected chi connectivity index (χ1v) is 6.94. The molecule has 1 aliphatic rings. The lowest BCUT2D eigenvalue weighted by Gasteiger charge is -2.31. The molecule has 122 valence electrons. The molecule has 0 bridgehead atoms. The number of anilines is 1. The fourth-order valence-electron chi connectivity index (χ4n) is 2.42. The number of carbonyl (C=O) groups is 1.